The molecular formula is C24H24N4O2. The molecule has 2 heterocycles. The van der Waals surface area contributed by atoms with Gasteiger partial charge in [0.2, 0.25) is 0 Å². The Bertz CT molecular complexity index is 1100. The Balaban J connectivity index is 1.59. The first-order valence-electron chi connectivity index (χ1n) is 9.84. The zero-order valence-corrected chi connectivity index (χ0v) is 17.1. The molecule has 0 atom stereocenters. The van der Waals surface area contributed by atoms with Gasteiger partial charge in [0.05, 0.1) is 12.0 Å². The molecule has 1 N–H and O–H groups in total. The van der Waals surface area contributed by atoms with E-state index in [9.17, 15) is 4.79 Å². The molecule has 6 heteroatoms. The lowest BCUT2D eigenvalue weighted by Gasteiger charge is -2.11. The van der Waals surface area contributed by atoms with Crippen molar-refractivity contribution in [1.29, 1.82) is 0 Å². The molecule has 0 bridgehead atoms. The Hall–Kier alpha value is -3.64. The van der Waals surface area contributed by atoms with Gasteiger partial charge in [-0.2, -0.15) is 5.10 Å². The Morgan fingerprint density at radius 1 is 1.03 bits per heavy atom. The van der Waals surface area contributed by atoms with Gasteiger partial charge >= 0.3 is 0 Å². The fraction of sp³-hybridized carbons (Fsp3) is 0.167. The number of rotatable bonds is 7. The summed E-state index contributed by atoms with van der Waals surface area (Å²) in [7, 11) is 4.11. The van der Waals surface area contributed by atoms with Crippen LogP contribution in [0.25, 0.3) is 17.1 Å². The molecule has 2 aromatic carbocycles. The number of para-hydroxylation sites is 1. The average Bonchev–Trinajstić information content (AvgIpc) is 3.44. The second kappa shape index (κ2) is 8.80. The van der Waals surface area contributed by atoms with Crippen molar-refractivity contribution in [3.63, 3.8) is 0 Å². The number of furan rings is 1. The van der Waals surface area contributed by atoms with Crippen LogP contribution in [0.15, 0.2) is 83.5 Å². The predicted molar refractivity (Wildman–Crippen MR) is 118 cm³/mol. The monoisotopic (exact) mass is 400 g/mol. The summed E-state index contributed by atoms with van der Waals surface area (Å²) < 4.78 is 7.10. The van der Waals surface area contributed by atoms with Crippen molar-refractivity contribution in [3.05, 3.63) is 90.3 Å². The third-order valence-corrected chi connectivity index (χ3v) is 4.78. The van der Waals surface area contributed by atoms with E-state index in [4.69, 9.17) is 4.42 Å². The standard InChI is InChI=1S/C24H24N4O2/c1-27(2)15-14-18-10-12-19(13-11-18)25-24(29)22-17-21(23-9-6-16-30-23)26-28(22)20-7-4-3-5-8-20/h3-13,16-17H,14-15H2,1-2H3,(H,25,29). The molecule has 152 valence electrons. The van der Waals surface area contributed by atoms with Crippen LogP contribution in [0.4, 0.5) is 5.69 Å². The number of benzene rings is 2. The van der Waals surface area contributed by atoms with E-state index in [0.717, 1.165) is 24.3 Å². The lowest BCUT2D eigenvalue weighted by molar-refractivity contribution is 0.101. The van der Waals surface area contributed by atoms with E-state index in [1.165, 1.54) is 5.56 Å². The molecule has 0 fully saturated rings. The molecular weight excluding hydrogens is 376 g/mol. The topological polar surface area (TPSA) is 63.3 Å². The van der Waals surface area contributed by atoms with Crippen molar-refractivity contribution in [1.82, 2.24) is 14.7 Å². The van der Waals surface area contributed by atoms with Gasteiger partial charge < -0.3 is 14.6 Å². The maximum atomic E-state index is 13.1. The van der Waals surface area contributed by atoms with E-state index in [2.05, 4.69) is 29.4 Å². The maximum absolute atomic E-state index is 13.1. The van der Waals surface area contributed by atoms with Crippen LogP contribution in [0.3, 0.4) is 0 Å². The normalized spacial score (nSPS) is 11.0. The van der Waals surface area contributed by atoms with Crippen molar-refractivity contribution < 1.29 is 9.21 Å². The Labute approximate surface area is 175 Å². The highest BCUT2D eigenvalue weighted by molar-refractivity contribution is 6.04. The minimum atomic E-state index is -0.231. The Morgan fingerprint density at radius 3 is 2.47 bits per heavy atom. The number of hydrogen-bond acceptors (Lipinski definition) is 4. The van der Waals surface area contributed by atoms with Crippen LogP contribution in [0, 0.1) is 0 Å². The quantitative estimate of drug-likeness (QED) is 0.497. The maximum Gasteiger partial charge on any atom is 0.274 e. The van der Waals surface area contributed by atoms with E-state index in [1.807, 2.05) is 60.7 Å². The Morgan fingerprint density at radius 2 is 1.80 bits per heavy atom. The van der Waals surface area contributed by atoms with Crippen molar-refractivity contribution in [2.75, 3.05) is 26.0 Å². The smallest absolute Gasteiger partial charge is 0.274 e. The summed E-state index contributed by atoms with van der Waals surface area (Å²) in [6, 6.07) is 22.9. The van der Waals surface area contributed by atoms with Crippen molar-refractivity contribution in [3.8, 4) is 17.1 Å². The molecule has 0 unspecified atom stereocenters. The lowest BCUT2D eigenvalue weighted by atomic mass is 10.1. The molecule has 4 aromatic rings. The summed E-state index contributed by atoms with van der Waals surface area (Å²) in [6.07, 6.45) is 2.56. The van der Waals surface area contributed by atoms with Gasteiger partial charge in [0.1, 0.15) is 11.4 Å². The number of nitrogens with zero attached hydrogens (tertiary/aromatic N) is 3. The number of aromatic nitrogens is 2. The Kier molecular flexibility index (Phi) is 5.77. The molecule has 0 radical (unpaired) electrons. The van der Waals surface area contributed by atoms with Crippen molar-refractivity contribution >= 4 is 11.6 Å². The number of nitrogens with one attached hydrogen (secondary N) is 1. The molecule has 0 spiro atoms. The summed E-state index contributed by atoms with van der Waals surface area (Å²) in [5.41, 5.74) is 3.82. The first-order chi connectivity index (χ1) is 14.6. The lowest BCUT2D eigenvalue weighted by Crippen LogP contribution is -2.17. The van der Waals surface area contributed by atoms with Crippen LogP contribution < -0.4 is 5.32 Å². The van der Waals surface area contributed by atoms with E-state index >= 15 is 0 Å². The van der Waals surface area contributed by atoms with Gasteiger partial charge in [0, 0.05) is 18.3 Å². The van der Waals surface area contributed by atoms with Gasteiger partial charge in [-0.25, -0.2) is 4.68 Å². The molecule has 0 aliphatic rings. The molecule has 30 heavy (non-hydrogen) atoms. The van der Waals surface area contributed by atoms with Crippen LogP contribution in [0.5, 0.6) is 0 Å². The van der Waals surface area contributed by atoms with Crippen LogP contribution in [-0.2, 0) is 6.42 Å². The van der Waals surface area contributed by atoms with E-state index in [-0.39, 0.29) is 5.91 Å². The number of hydrogen-bond donors (Lipinski definition) is 1. The third-order valence-electron chi connectivity index (χ3n) is 4.78. The van der Waals surface area contributed by atoms with Gasteiger partial charge in [-0.1, -0.05) is 30.3 Å². The minimum Gasteiger partial charge on any atom is -0.463 e. The van der Waals surface area contributed by atoms with Gasteiger partial charge in [-0.15, -0.1) is 0 Å². The van der Waals surface area contributed by atoms with Gasteiger partial charge in [0.15, 0.2) is 5.76 Å². The SMILES string of the molecule is CN(C)CCc1ccc(NC(=O)c2cc(-c3ccco3)nn2-c2ccccc2)cc1. The van der Waals surface area contributed by atoms with Crippen LogP contribution in [-0.4, -0.2) is 41.2 Å². The van der Waals surface area contributed by atoms with Crippen LogP contribution in [0.2, 0.25) is 0 Å². The molecule has 0 saturated heterocycles. The largest absolute Gasteiger partial charge is 0.463 e. The van der Waals surface area contributed by atoms with Crippen molar-refractivity contribution in [2.24, 2.45) is 0 Å². The molecule has 0 aliphatic heterocycles. The summed E-state index contributed by atoms with van der Waals surface area (Å²) in [5.74, 6) is 0.383. The van der Waals surface area contributed by atoms with Gasteiger partial charge in [-0.05, 0) is 62.5 Å². The zero-order chi connectivity index (χ0) is 20.9. The summed E-state index contributed by atoms with van der Waals surface area (Å²) in [5, 5.41) is 7.58. The fourth-order valence-corrected chi connectivity index (χ4v) is 3.16. The second-order valence-corrected chi connectivity index (χ2v) is 7.34. The van der Waals surface area contributed by atoms with Gasteiger partial charge in [-0.3, -0.25) is 4.79 Å². The third kappa shape index (κ3) is 4.50. The van der Waals surface area contributed by atoms with E-state index in [1.54, 1.807) is 23.1 Å². The molecule has 6 nitrogen and oxygen atoms in total. The van der Waals surface area contributed by atoms with Crippen molar-refractivity contribution in [2.45, 2.75) is 6.42 Å². The van der Waals surface area contributed by atoms with E-state index < -0.39 is 0 Å². The molecule has 0 aliphatic carbocycles. The van der Waals surface area contributed by atoms with Crippen LogP contribution in [0.1, 0.15) is 16.1 Å². The number of carbonyl (C=O) groups is 1. The fourth-order valence-electron chi connectivity index (χ4n) is 3.16. The highest BCUT2D eigenvalue weighted by atomic mass is 16.3. The van der Waals surface area contributed by atoms with Gasteiger partial charge in [0.25, 0.3) is 5.91 Å². The molecule has 4 rings (SSSR count). The summed E-state index contributed by atoms with van der Waals surface area (Å²) >= 11 is 0. The zero-order valence-electron chi connectivity index (χ0n) is 17.1. The first kappa shape index (κ1) is 19.7. The molecule has 1 amide bonds. The minimum absolute atomic E-state index is 0.231. The second-order valence-electron chi connectivity index (χ2n) is 7.34. The molecule has 2 aromatic heterocycles. The summed E-state index contributed by atoms with van der Waals surface area (Å²) in [6.45, 7) is 0.984. The van der Waals surface area contributed by atoms with E-state index in [0.29, 0.717) is 17.1 Å². The predicted octanol–water partition coefficient (Wildman–Crippen LogP) is 4.49. The molecule has 0 saturated carbocycles. The summed E-state index contributed by atoms with van der Waals surface area (Å²) in [4.78, 5) is 15.2. The number of amides is 1. The van der Waals surface area contributed by atoms with Crippen LogP contribution >= 0.6 is 0 Å². The number of anilines is 1. The number of likely N-dealkylation sites (N-methyl/N-ethyl adjacent to an activating group) is 1. The first-order valence-corrected chi connectivity index (χ1v) is 9.84. The average molecular weight is 400 g/mol. The highest BCUT2D eigenvalue weighted by Gasteiger charge is 2.19. The highest BCUT2D eigenvalue weighted by Crippen LogP contribution is 2.23. The number of carbonyl (C=O) groups excluding carboxylic acids is 1.